The average Bonchev–Trinajstić information content (AvgIpc) is 2.02. The summed E-state index contributed by atoms with van der Waals surface area (Å²) in [5, 5.41) is 7.29. The maximum atomic E-state index is 3.69. The molecule has 6 heteroatoms. The van der Waals surface area contributed by atoms with E-state index in [-0.39, 0.29) is 0 Å². The Labute approximate surface area is 101 Å². The molecule has 1 aromatic rings. The molecule has 0 amide bonds. The van der Waals surface area contributed by atoms with Crippen LogP contribution in [0.5, 0.6) is 0 Å². The summed E-state index contributed by atoms with van der Waals surface area (Å²) in [6.07, 6.45) is 0. The lowest BCUT2D eigenvalue weighted by Crippen LogP contribution is -1.89. The highest BCUT2D eigenvalue weighted by Crippen LogP contribution is 2.34. The van der Waals surface area contributed by atoms with Crippen LogP contribution in [0.3, 0.4) is 0 Å². The van der Waals surface area contributed by atoms with Gasteiger partial charge < -0.3 is 0 Å². The molecule has 0 aromatic heterocycles. The van der Waals surface area contributed by atoms with Crippen LogP contribution in [0.4, 0.5) is 5.69 Å². The molecule has 0 aliphatic carbocycles. The minimum absolute atomic E-state index is 0.855. The van der Waals surface area contributed by atoms with Gasteiger partial charge in [-0.3, -0.25) is 5.43 Å². The van der Waals surface area contributed by atoms with E-state index in [4.69, 9.17) is 0 Å². The Bertz CT molecular complexity index is 315. The van der Waals surface area contributed by atoms with Crippen molar-refractivity contribution in [1.82, 2.24) is 0 Å². The van der Waals surface area contributed by atoms with Gasteiger partial charge in [-0.15, -0.1) is 0 Å². The van der Waals surface area contributed by atoms with Gasteiger partial charge in [0.1, 0.15) is 0 Å². The van der Waals surface area contributed by atoms with Gasteiger partial charge in [0, 0.05) is 13.4 Å². The summed E-state index contributed by atoms with van der Waals surface area (Å²) in [7, 11) is 1.60. The fourth-order valence-corrected chi connectivity index (χ4v) is 3.19. The third-order valence-corrected chi connectivity index (χ3v) is 2.98. The number of nitrogens with one attached hydrogen (secondary N) is 1. The summed E-state index contributed by atoms with van der Waals surface area (Å²) < 4.78 is 2.83. The molecule has 0 fully saturated rings. The van der Waals surface area contributed by atoms with Crippen LogP contribution in [-0.2, 0) is 0 Å². The molecule has 1 aromatic carbocycles. The molecule has 0 atom stereocenters. The molecule has 3 nitrogen and oxygen atoms in total. The van der Waals surface area contributed by atoms with E-state index in [9.17, 15) is 0 Å². The van der Waals surface area contributed by atoms with E-state index >= 15 is 0 Å². The van der Waals surface area contributed by atoms with Crippen molar-refractivity contribution in [1.29, 1.82) is 0 Å². The Kier molecular flexibility index (Phi) is 4.34. The minimum Gasteiger partial charge on any atom is -0.258 e. The third kappa shape index (κ3) is 3.03. The molecule has 0 aliphatic heterocycles. The van der Waals surface area contributed by atoms with E-state index in [1.165, 1.54) is 0 Å². The summed E-state index contributed by atoms with van der Waals surface area (Å²) in [6, 6.07) is 3.86. The van der Waals surface area contributed by atoms with Gasteiger partial charge in [0.05, 0.1) is 12.7 Å². The van der Waals surface area contributed by atoms with E-state index in [2.05, 4.69) is 63.6 Å². The first-order valence-corrected chi connectivity index (χ1v) is 5.72. The second-order valence-electron chi connectivity index (χ2n) is 2.16. The normalized spacial score (nSPS) is 10.8. The number of hydrogen-bond donors (Lipinski definition) is 1. The Balaban J connectivity index is 3.05. The van der Waals surface area contributed by atoms with Crippen LogP contribution < -0.4 is 5.43 Å². The van der Waals surface area contributed by atoms with Crippen LogP contribution in [0.25, 0.3) is 0 Å². The zero-order valence-electron chi connectivity index (χ0n) is 6.68. The smallest absolute Gasteiger partial charge is 0.0863 e. The highest BCUT2D eigenvalue weighted by Gasteiger charge is 2.05. The Morgan fingerprint density at radius 2 is 1.69 bits per heavy atom. The van der Waals surface area contributed by atoms with Crippen molar-refractivity contribution in [3.63, 3.8) is 0 Å². The summed E-state index contributed by atoms with van der Waals surface area (Å²) in [4.78, 5) is 0. The fraction of sp³-hybridized carbons (Fsp3) is 0.143. The van der Waals surface area contributed by atoms with E-state index in [1.807, 2.05) is 12.1 Å². The highest BCUT2D eigenvalue weighted by molar-refractivity contribution is 9.11. The predicted octanol–water partition coefficient (Wildman–Crippen LogP) is 4.38. The molecule has 1 N–H and O–H groups in total. The van der Waals surface area contributed by atoms with Crippen molar-refractivity contribution in [3.8, 4) is 0 Å². The van der Waals surface area contributed by atoms with E-state index in [1.54, 1.807) is 7.05 Å². The zero-order chi connectivity index (χ0) is 9.84. The van der Waals surface area contributed by atoms with E-state index in [0.29, 0.717) is 0 Å². The maximum absolute atomic E-state index is 3.69. The van der Waals surface area contributed by atoms with Gasteiger partial charge in [-0.2, -0.15) is 5.11 Å². The predicted molar refractivity (Wildman–Crippen MR) is 63.9 cm³/mol. The minimum atomic E-state index is 0.855. The number of anilines is 1. The molecule has 0 saturated heterocycles. The van der Waals surface area contributed by atoms with Gasteiger partial charge in [-0.25, -0.2) is 0 Å². The van der Waals surface area contributed by atoms with Gasteiger partial charge in [0.15, 0.2) is 0 Å². The number of benzene rings is 1. The topological polar surface area (TPSA) is 36.8 Å². The molecule has 0 unspecified atom stereocenters. The van der Waals surface area contributed by atoms with Crippen molar-refractivity contribution in [3.05, 3.63) is 25.6 Å². The van der Waals surface area contributed by atoms with Gasteiger partial charge in [0.25, 0.3) is 0 Å². The first-order chi connectivity index (χ1) is 6.15. The van der Waals surface area contributed by atoms with E-state index < -0.39 is 0 Å². The monoisotopic (exact) mass is 369 g/mol. The second-order valence-corrected chi connectivity index (χ2v) is 4.78. The largest absolute Gasteiger partial charge is 0.258 e. The lowest BCUT2D eigenvalue weighted by atomic mass is 10.3. The summed E-state index contributed by atoms with van der Waals surface area (Å²) in [5.41, 5.74) is 3.66. The first-order valence-electron chi connectivity index (χ1n) is 3.34. The van der Waals surface area contributed by atoms with Crippen LogP contribution in [0.2, 0.25) is 0 Å². The molecule has 0 aliphatic rings. The van der Waals surface area contributed by atoms with Crippen molar-refractivity contribution in [2.75, 3.05) is 12.5 Å². The SMILES string of the molecule is CN=NNc1c(Br)cc(Br)cc1Br. The molecular formula is C7H6Br3N3. The van der Waals surface area contributed by atoms with Crippen molar-refractivity contribution in [2.24, 2.45) is 10.3 Å². The Morgan fingerprint density at radius 1 is 1.15 bits per heavy atom. The lowest BCUT2D eigenvalue weighted by Gasteiger charge is -2.05. The van der Waals surface area contributed by atoms with Gasteiger partial charge >= 0.3 is 0 Å². The Morgan fingerprint density at radius 3 is 2.15 bits per heavy atom. The molecule has 70 valence electrons. The van der Waals surface area contributed by atoms with Gasteiger partial charge in [-0.05, 0) is 44.0 Å². The van der Waals surface area contributed by atoms with Crippen LogP contribution in [-0.4, -0.2) is 7.05 Å². The van der Waals surface area contributed by atoms with Gasteiger partial charge in [0.2, 0.25) is 0 Å². The Hall–Kier alpha value is 0.0600. The molecule has 0 spiro atoms. The average molecular weight is 372 g/mol. The lowest BCUT2D eigenvalue weighted by molar-refractivity contribution is 1.08. The molecule has 0 radical (unpaired) electrons. The van der Waals surface area contributed by atoms with Gasteiger partial charge in [-0.1, -0.05) is 21.2 Å². The molecular weight excluding hydrogens is 366 g/mol. The van der Waals surface area contributed by atoms with Crippen molar-refractivity contribution >= 4 is 53.5 Å². The molecule has 0 heterocycles. The second kappa shape index (κ2) is 5.07. The number of rotatable bonds is 2. The molecule has 0 saturated carbocycles. The quantitative estimate of drug-likeness (QED) is 0.607. The molecule has 13 heavy (non-hydrogen) atoms. The first kappa shape index (κ1) is 11.1. The third-order valence-electron chi connectivity index (χ3n) is 1.27. The highest BCUT2D eigenvalue weighted by atomic mass is 79.9. The summed E-state index contributed by atoms with van der Waals surface area (Å²) in [6.45, 7) is 0. The van der Waals surface area contributed by atoms with Crippen LogP contribution >= 0.6 is 47.8 Å². The number of nitrogens with zero attached hydrogens (tertiary/aromatic N) is 2. The van der Waals surface area contributed by atoms with Crippen molar-refractivity contribution in [2.45, 2.75) is 0 Å². The van der Waals surface area contributed by atoms with Crippen molar-refractivity contribution < 1.29 is 0 Å². The fourth-order valence-electron chi connectivity index (χ4n) is 0.749. The molecule has 0 bridgehead atoms. The van der Waals surface area contributed by atoms with E-state index in [0.717, 1.165) is 19.1 Å². The number of halogens is 3. The standard InChI is InChI=1S/C7H6Br3N3/c1-11-13-12-7-5(9)2-4(8)3-6(7)10/h2-3H,1H3,(H,11,12). The zero-order valence-corrected chi connectivity index (χ0v) is 11.4. The van der Waals surface area contributed by atoms with Crippen LogP contribution in [0, 0.1) is 0 Å². The van der Waals surface area contributed by atoms with Crippen LogP contribution in [0.15, 0.2) is 35.9 Å². The number of hydrogen-bond acceptors (Lipinski definition) is 2. The molecule has 1 rings (SSSR count). The summed E-state index contributed by atoms with van der Waals surface area (Å²) >= 11 is 10.2. The summed E-state index contributed by atoms with van der Waals surface area (Å²) in [5.74, 6) is 0. The van der Waals surface area contributed by atoms with Crippen LogP contribution in [0.1, 0.15) is 0 Å². The maximum Gasteiger partial charge on any atom is 0.0863 e.